The third-order valence-corrected chi connectivity index (χ3v) is 1.38. The first-order valence-corrected chi connectivity index (χ1v) is 3.31. The molecule has 0 aromatic heterocycles. The van der Waals surface area contributed by atoms with Crippen LogP contribution < -0.4 is 10.6 Å². The maximum atomic E-state index is 8.91. The lowest BCUT2D eigenvalue weighted by atomic mass is 10.3. The van der Waals surface area contributed by atoms with E-state index < -0.39 is 0 Å². The molecule has 0 fully saturated rings. The highest BCUT2D eigenvalue weighted by Crippen LogP contribution is 1.96. The summed E-state index contributed by atoms with van der Waals surface area (Å²) >= 11 is 0. The second-order valence-corrected chi connectivity index (χ2v) is 2.26. The van der Waals surface area contributed by atoms with Gasteiger partial charge in [0.25, 0.3) is 0 Å². The molecule has 0 saturated carbocycles. The van der Waals surface area contributed by atoms with Gasteiger partial charge in [0.2, 0.25) is 0 Å². The molecule has 1 atom stereocenters. The second-order valence-electron chi connectivity index (χ2n) is 2.26. The average molecular weight is 140 g/mol. The minimum absolute atomic E-state index is 0.230. The van der Waals surface area contributed by atoms with Crippen LogP contribution in [0.5, 0.6) is 0 Å². The zero-order valence-electron chi connectivity index (χ0n) is 5.80. The van der Waals surface area contributed by atoms with Crippen LogP contribution in [0, 0.1) is 0 Å². The third kappa shape index (κ3) is 1.77. The molecule has 0 spiro atoms. The van der Waals surface area contributed by atoms with Crippen molar-refractivity contribution in [1.29, 1.82) is 0 Å². The van der Waals surface area contributed by atoms with Crippen molar-refractivity contribution in [2.75, 3.05) is 6.54 Å². The Hall–Kier alpha value is -0.960. The van der Waals surface area contributed by atoms with E-state index in [1.807, 2.05) is 6.08 Å². The van der Waals surface area contributed by atoms with Gasteiger partial charge >= 0.3 is 0 Å². The largest absolute Gasteiger partial charge is 0.509 e. The van der Waals surface area contributed by atoms with Gasteiger partial charge in [0.05, 0.1) is 12.7 Å². The summed E-state index contributed by atoms with van der Waals surface area (Å²) in [5.41, 5.74) is 0. The molecular weight excluding hydrogens is 128 g/mol. The van der Waals surface area contributed by atoms with Crippen molar-refractivity contribution in [2.24, 2.45) is 0 Å². The Labute approximate surface area is 60.4 Å². The zero-order valence-corrected chi connectivity index (χ0v) is 5.80. The average Bonchev–Trinajstić information content (AvgIpc) is 1.95. The lowest BCUT2D eigenvalue weighted by molar-refractivity contribution is 0.338. The SMILES string of the molecule is C=CCC1NC=C(O)CN1. The molecule has 3 heteroatoms. The first-order chi connectivity index (χ1) is 4.83. The normalized spacial score (nSPS) is 24.8. The number of nitrogens with one attached hydrogen (secondary N) is 2. The molecule has 0 bridgehead atoms. The van der Waals surface area contributed by atoms with E-state index in [-0.39, 0.29) is 6.17 Å². The maximum absolute atomic E-state index is 8.91. The van der Waals surface area contributed by atoms with Crippen molar-refractivity contribution in [3.8, 4) is 0 Å². The summed E-state index contributed by atoms with van der Waals surface area (Å²) in [4.78, 5) is 0. The van der Waals surface area contributed by atoms with E-state index in [9.17, 15) is 0 Å². The fraction of sp³-hybridized carbons (Fsp3) is 0.429. The van der Waals surface area contributed by atoms with Gasteiger partial charge in [0, 0.05) is 6.20 Å². The van der Waals surface area contributed by atoms with Gasteiger partial charge in [-0.05, 0) is 6.42 Å². The first-order valence-electron chi connectivity index (χ1n) is 3.31. The molecule has 1 rings (SSSR count). The van der Waals surface area contributed by atoms with Crippen molar-refractivity contribution in [1.82, 2.24) is 10.6 Å². The molecular formula is C7H12N2O. The van der Waals surface area contributed by atoms with Crippen LogP contribution in [0.15, 0.2) is 24.6 Å². The lowest BCUT2D eigenvalue weighted by Crippen LogP contribution is -2.44. The Kier molecular flexibility index (Phi) is 2.34. The van der Waals surface area contributed by atoms with Gasteiger partial charge in [-0.3, -0.25) is 5.32 Å². The summed E-state index contributed by atoms with van der Waals surface area (Å²) in [7, 11) is 0. The maximum Gasteiger partial charge on any atom is 0.122 e. The van der Waals surface area contributed by atoms with Crippen LogP contribution in [0.3, 0.4) is 0 Å². The van der Waals surface area contributed by atoms with Crippen molar-refractivity contribution in [3.63, 3.8) is 0 Å². The molecule has 0 aromatic rings. The minimum atomic E-state index is 0.230. The Morgan fingerprint density at radius 2 is 2.70 bits per heavy atom. The smallest absolute Gasteiger partial charge is 0.122 e. The van der Waals surface area contributed by atoms with E-state index >= 15 is 0 Å². The number of aliphatic hydroxyl groups excluding tert-OH is 1. The highest BCUT2D eigenvalue weighted by atomic mass is 16.3. The number of rotatable bonds is 2. The van der Waals surface area contributed by atoms with E-state index in [1.165, 1.54) is 0 Å². The Bertz CT molecular complexity index is 154. The van der Waals surface area contributed by atoms with E-state index in [0.29, 0.717) is 12.3 Å². The molecule has 3 nitrogen and oxygen atoms in total. The number of hydrogen-bond acceptors (Lipinski definition) is 3. The first kappa shape index (κ1) is 7.15. The Morgan fingerprint density at radius 1 is 1.90 bits per heavy atom. The Balaban J connectivity index is 2.34. The van der Waals surface area contributed by atoms with Gasteiger partial charge in [0.15, 0.2) is 0 Å². The molecule has 0 aliphatic carbocycles. The van der Waals surface area contributed by atoms with Gasteiger partial charge in [-0.2, -0.15) is 0 Å². The molecule has 1 heterocycles. The van der Waals surface area contributed by atoms with Crippen molar-refractivity contribution >= 4 is 0 Å². The van der Waals surface area contributed by atoms with Crippen LogP contribution in [0.25, 0.3) is 0 Å². The summed E-state index contributed by atoms with van der Waals surface area (Å²) in [5, 5.41) is 14.9. The molecule has 1 unspecified atom stereocenters. The number of aliphatic hydroxyl groups is 1. The fourth-order valence-corrected chi connectivity index (χ4v) is 0.853. The standard InChI is InChI=1S/C7H12N2O/c1-2-3-7-8-4-6(10)5-9-7/h2,4,7-10H,1,3,5H2. The van der Waals surface area contributed by atoms with Gasteiger partial charge in [-0.15, -0.1) is 6.58 Å². The fourth-order valence-electron chi connectivity index (χ4n) is 0.853. The summed E-state index contributed by atoms with van der Waals surface area (Å²) < 4.78 is 0. The minimum Gasteiger partial charge on any atom is -0.509 e. The molecule has 0 radical (unpaired) electrons. The van der Waals surface area contributed by atoms with Crippen molar-refractivity contribution in [2.45, 2.75) is 12.6 Å². The molecule has 0 aromatic carbocycles. The van der Waals surface area contributed by atoms with Gasteiger partial charge in [-0.1, -0.05) is 6.08 Å². The second kappa shape index (κ2) is 3.27. The van der Waals surface area contributed by atoms with E-state index in [0.717, 1.165) is 6.42 Å². The summed E-state index contributed by atoms with van der Waals surface area (Å²) in [5.74, 6) is 0.348. The van der Waals surface area contributed by atoms with Gasteiger partial charge in [0.1, 0.15) is 5.76 Å². The van der Waals surface area contributed by atoms with E-state index in [4.69, 9.17) is 5.11 Å². The van der Waals surface area contributed by atoms with Crippen LogP contribution in [0.1, 0.15) is 6.42 Å². The van der Waals surface area contributed by atoms with Crippen LogP contribution >= 0.6 is 0 Å². The molecule has 1 aliphatic rings. The van der Waals surface area contributed by atoms with Gasteiger partial charge in [-0.25, -0.2) is 0 Å². The monoisotopic (exact) mass is 140 g/mol. The number of hydrogen-bond donors (Lipinski definition) is 3. The third-order valence-electron chi connectivity index (χ3n) is 1.38. The molecule has 56 valence electrons. The predicted octanol–water partition coefficient (Wildman–Crippen LogP) is 0.481. The Morgan fingerprint density at radius 3 is 3.20 bits per heavy atom. The molecule has 10 heavy (non-hydrogen) atoms. The van der Waals surface area contributed by atoms with Gasteiger partial charge < -0.3 is 10.4 Å². The molecule has 0 saturated heterocycles. The van der Waals surface area contributed by atoms with E-state index in [1.54, 1.807) is 6.20 Å². The highest BCUT2D eigenvalue weighted by Gasteiger charge is 2.08. The highest BCUT2D eigenvalue weighted by molar-refractivity contribution is 4.98. The van der Waals surface area contributed by atoms with Crippen LogP contribution in [0.4, 0.5) is 0 Å². The van der Waals surface area contributed by atoms with Crippen molar-refractivity contribution in [3.05, 3.63) is 24.6 Å². The summed E-state index contributed by atoms with van der Waals surface area (Å²) in [6.07, 6.45) is 4.54. The van der Waals surface area contributed by atoms with E-state index in [2.05, 4.69) is 17.2 Å². The topological polar surface area (TPSA) is 44.3 Å². The molecule has 0 amide bonds. The molecule has 3 N–H and O–H groups in total. The van der Waals surface area contributed by atoms with Crippen LogP contribution in [-0.2, 0) is 0 Å². The quantitative estimate of drug-likeness (QED) is 0.489. The zero-order chi connectivity index (χ0) is 7.40. The lowest BCUT2D eigenvalue weighted by Gasteiger charge is -2.21. The summed E-state index contributed by atoms with van der Waals surface area (Å²) in [6.45, 7) is 4.16. The van der Waals surface area contributed by atoms with Crippen molar-refractivity contribution < 1.29 is 5.11 Å². The molecule has 1 aliphatic heterocycles. The van der Waals surface area contributed by atoms with Crippen LogP contribution in [-0.4, -0.2) is 17.8 Å². The van der Waals surface area contributed by atoms with Crippen LogP contribution in [0.2, 0.25) is 0 Å². The summed E-state index contributed by atoms with van der Waals surface area (Å²) in [6, 6.07) is 0. The predicted molar refractivity (Wildman–Crippen MR) is 40.5 cm³/mol.